The highest BCUT2D eigenvalue weighted by Gasteiger charge is 2.37. The summed E-state index contributed by atoms with van der Waals surface area (Å²) in [4.78, 5) is 13.3. The predicted octanol–water partition coefficient (Wildman–Crippen LogP) is 5.15. The Morgan fingerprint density at radius 3 is 2.44 bits per heavy atom. The molecule has 25 heavy (non-hydrogen) atoms. The topological polar surface area (TPSA) is 29.5 Å². The zero-order valence-electron chi connectivity index (χ0n) is 13.3. The van der Waals surface area contributed by atoms with E-state index in [1.165, 1.54) is 26.3 Å². The van der Waals surface area contributed by atoms with Crippen molar-refractivity contribution < 1.29 is 27.1 Å². The second kappa shape index (κ2) is 7.43. The molecule has 0 fully saturated rings. The van der Waals surface area contributed by atoms with Crippen molar-refractivity contribution in [2.45, 2.75) is 12.3 Å². The van der Waals surface area contributed by atoms with Gasteiger partial charge < -0.3 is 9.64 Å². The lowest BCUT2D eigenvalue weighted by Crippen LogP contribution is -2.31. The van der Waals surface area contributed by atoms with E-state index in [2.05, 4.69) is 15.9 Å². The molecule has 1 unspecified atom stereocenters. The van der Waals surface area contributed by atoms with E-state index in [1.807, 2.05) is 0 Å². The first-order chi connectivity index (χ1) is 11.7. The third kappa shape index (κ3) is 4.12. The molecule has 8 heteroatoms. The number of halogens is 5. The fourth-order valence-electron chi connectivity index (χ4n) is 2.27. The second-order valence-corrected chi connectivity index (χ2v) is 6.02. The first kappa shape index (κ1) is 19.2. The molecule has 0 bridgehead atoms. The molecule has 0 N–H and O–H groups in total. The number of methoxy groups -OCH3 is 1. The van der Waals surface area contributed by atoms with Crippen molar-refractivity contribution in [3.8, 4) is 5.75 Å². The summed E-state index contributed by atoms with van der Waals surface area (Å²) in [6.07, 6.45) is -7.21. The minimum Gasteiger partial charge on any atom is -0.497 e. The van der Waals surface area contributed by atoms with Crippen LogP contribution in [0.2, 0.25) is 0 Å². The van der Waals surface area contributed by atoms with Gasteiger partial charge in [-0.05, 0) is 34.1 Å². The normalized spacial score (nSPS) is 12.6. The molecule has 0 aliphatic heterocycles. The lowest BCUT2D eigenvalue weighted by Gasteiger charge is -2.23. The van der Waals surface area contributed by atoms with Crippen LogP contribution < -0.4 is 9.64 Å². The third-order valence-corrected chi connectivity index (χ3v) is 4.27. The fourth-order valence-corrected chi connectivity index (χ4v) is 2.79. The zero-order valence-corrected chi connectivity index (χ0v) is 14.9. The largest absolute Gasteiger partial charge is 0.497 e. The van der Waals surface area contributed by atoms with E-state index in [-0.39, 0.29) is 5.69 Å². The first-order valence-corrected chi connectivity index (χ1v) is 7.87. The molecule has 0 saturated carbocycles. The fraction of sp³-hybridized carbons (Fsp3) is 0.235. The number of hydrogen-bond donors (Lipinski definition) is 0. The average Bonchev–Trinajstić information content (AvgIpc) is 2.59. The highest BCUT2D eigenvalue weighted by molar-refractivity contribution is 9.10. The maximum atomic E-state index is 14.6. The lowest BCUT2D eigenvalue weighted by molar-refractivity contribution is -0.139. The summed E-state index contributed by atoms with van der Waals surface area (Å²) >= 11 is 3.23. The van der Waals surface area contributed by atoms with E-state index < -0.39 is 29.4 Å². The summed E-state index contributed by atoms with van der Waals surface area (Å²) in [5, 5.41) is 0. The molecule has 0 aliphatic rings. The Kier molecular flexibility index (Phi) is 5.72. The van der Waals surface area contributed by atoms with Gasteiger partial charge in [-0.25, -0.2) is 4.39 Å². The number of rotatable bonds is 4. The maximum absolute atomic E-state index is 14.6. The molecule has 2 rings (SSSR count). The van der Waals surface area contributed by atoms with Crippen LogP contribution in [-0.2, 0) is 11.0 Å². The molecule has 0 aromatic heterocycles. The van der Waals surface area contributed by atoms with Crippen molar-refractivity contribution in [1.82, 2.24) is 0 Å². The molecule has 1 atom stereocenters. The minimum atomic E-state index is -4.75. The second-order valence-electron chi connectivity index (χ2n) is 5.16. The quantitative estimate of drug-likeness (QED) is 0.641. The van der Waals surface area contributed by atoms with Crippen molar-refractivity contribution in [3.05, 3.63) is 58.1 Å². The Hall–Kier alpha value is -2.09. The molecule has 0 radical (unpaired) electrons. The number of amides is 1. The summed E-state index contributed by atoms with van der Waals surface area (Å²) < 4.78 is 59.3. The highest BCUT2D eigenvalue weighted by atomic mass is 79.9. The standard InChI is InChI=1S/C17H14BrF4NO2/c1-23(14-9-10(25-2)7-8-13(14)18)16(24)15(19)11-5-3-4-6-12(11)17(20,21)22/h3-9,15H,1-2H3. The summed E-state index contributed by atoms with van der Waals surface area (Å²) in [7, 11) is 2.71. The predicted molar refractivity (Wildman–Crippen MR) is 89.4 cm³/mol. The molecule has 1 amide bonds. The van der Waals surface area contributed by atoms with Crippen LogP contribution in [0.1, 0.15) is 17.3 Å². The van der Waals surface area contributed by atoms with Gasteiger partial charge in [0.25, 0.3) is 5.91 Å². The van der Waals surface area contributed by atoms with Gasteiger partial charge in [-0.3, -0.25) is 4.79 Å². The molecule has 2 aromatic carbocycles. The van der Waals surface area contributed by atoms with E-state index in [1.54, 1.807) is 12.1 Å². The summed E-state index contributed by atoms with van der Waals surface area (Å²) in [5.74, 6) is -0.699. The molecule has 0 heterocycles. The van der Waals surface area contributed by atoms with Gasteiger partial charge in [0.15, 0.2) is 0 Å². The van der Waals surface area contributed by atoms with Crippen molar-refractivity contribution in [1.29, 1.82) is 0 Å². The smallest absolute Gasteiger partial charge is 0.416 e. The Labute approximate surface area is 150 Å². The van der Waals surface area contributed by atoms with E-state index >= 15 is 0 Å². The Morgan fingerprint density at radius 2 is 1.84 bits per heavy atom. The van der Waals surface area contributed by atoms with Crippen LogP contribution >= 0.6 is 15.9 Å². The number of nitrogens with zero attached hydrogens (tertiary/aromatic N) is 1. The average molecular weight is 420 g/mol. The number of anilines is 1. The Morgan fingerprint density at radius 1 is 1.20 bits per heavy atom. The molecule has 0 saturated heterocycles. The van der Waals surface area contributed by atoms with E-state index in [0.29, 0.717) is 10.2 Å². The van der Waals surface area contributed by atoms with Crippen LogP contribution in [0.4, 0.5) is 23.2 Å². The van der Waals surface area contributed by atoms with E-state index in [4.69, 9.17) is 4.74 Å². The lowest BCUT2D eigenvalue weighted by atomic mass is 10.0. The van der Waals surface area contributed by atoms with Crippen LogP contribution in [-0.4, -0.2) is 20.1 Å². The van der Waals surface area contributed by atoms with Crippen molar-refractivity contribution in [2.75, 3.05) is 19.1 Å². The van der Waals surface area contributed by atoms with Gasteiger partial charge in [-0.15, -0.1) is 0 Å². The van der Waals surface area contributed by atoms with Crippen LogP contribution in [0, 0.1) is 0 Å². The van der Waals surface area contributed by atoms with Gasteiger partial charge in [0.1, 0.15) is 5.75 Å². The Balaban J connectivity index is 2.38. The summed E-state index contributed by atoms with van der Waals surface area (Å²) in [6.45, 7) is 0. The van der Waals surface area contributed by atoms with Crippen LogP contribution in [0.15, 0.2) is 46.9 Å². The minimum absolute atomic E-state index is 0.275. The first-order valence-electron chi connectivity index (χ1n) is 7.08. The SMILES string of the molecule is COc1ccc(Br)c(N(C)C(=O)C(F)c2ccccc2C(F)(F)F)c1. The van der Waals surface area contributed by atoms with Crippen LogP contribution in [0.25, 0.3) is 0 Å². The third-order valence-electron chi connectivity index (χ3n) is 3.60. The number of benzene rings is 2. The maximum Gasteiger partial charge on any atom is 0.416 e. The molecular formula is C17H14BrF4NO2. The van der Waals surface area contributed by atoms with Gasteiger partial charge in [0.05, 0.1) is 18.4 Å². The molecule has 134 valence electrons. The molecular weight excluding hydrogens is 406 g/mol. The van der Waals surface area contributed by atoms with E-state index in [0.717, 1.165) is 23.1 Å². The number of likely N-dealkylation sites (N-methyl/N-ethyl adjacent to an activating group) is 1. The Bertz CT molecular complexity index is 779. The van der Waals surface area contributed by atoms with Gasteiger partial charge in [-0.1, -0.05) is 18.2 Å². The number of carbonyl (C=O) groups excluding carboxylic acids is 1. The van der Waals surface area contributed by atoms with Crippen LogP contribution in [0.3, 0.4) is 0 Å². The number of ether oxygens (including phenoxy) is 1. The zero-order chi connectivity index (χ0) is 18.8. The highest BCUT2D eigenvalue weighted by Crippen LogP contribution is 2.37. The summed E-state index contributed by atoms with van der Waals surface area (Å²) in [5.41, 5.74) is -1.61. The van der Waals surface area contributed by atoms with Crippen LogP contribution in [0.5, 0.6) is 5.75 Å². The number of carbonyl (C=O) groups is 1. The van der Waals surface area contributed by atoms with Gasteiger partial charge >= 0.3 is 6.18 Å². The number of alkyl halides is 4. The molecule has 0 spiro atoms. The van der Waals surface area contributed by atoms with Gasteiger partial charge in [0, 0.05) is 23.2 Å². The van der Waals surface area contributed by atoms with Crippen molar-refractivity contribution in [3.63, 3.8) is 0 Å². The van der Waals surface area contributed by atoms with Gasteiger partial charge in [-0.2, -0.15) is 13.2 Å². The summed E-state index contributed by atoms with van der Waals surface area (Å²) in [6, 6.07) is 8.80. The van der Waals surface area contributed by atoms with E-state index in [9.17, 15) is 22.4 Å². The molecule has 3 nitrogen and oxygen atoms in total. The van der Waals surface area contributed by atoms with Gasteiger partial charge in [0.2, 0.25) is 6.17 Å². The molecule has 2 aromatic rings. The number of hydrogen-bond acceptors (Lipinski definition) is 2. The monoisotopic (exact) mass is 419 g/mol. The van der Waals surface area contributed by atoms with Crippen molar-refractivity contribution in [2.24, 2.45) is 0 Å². The van der Waals surface area contributed by atoms with Crippen molar-refractivity contribution >= 4 is 27.5 Å². The molecule has 0 aliphatic carbocycles.